The van der Waals surface area contributed by atoms with Crippen LogP contribution < -0.4 is 5.32 Å². The van der Waals surface area contributed by atoms with Gasteiger partial charge in [0.05, 0.1) is 0 Å². The van der Waals surface area contributed by atoms with Crippen LogP contribution in [-0.2, 0) is 6.42 Å². The van der Waals surface area contributed by atoms with Gasteiger partial charge in [-0.2, -0.15) is 0 Å². The maximum Gasteiger partial charge on any atom is 0.251 e. The number of benzene rings is 1. The number of carbonyl (C=O) groups is 1. The highest BCUT2D eigenvalue weighted by Gasteiger charge is 2.10. The number of hydrogen-bond donors (Lipinski definition) is 1. The summed E-state index contributed by atoms with van der Waals surface area (Å²) in [5.41, 5.74) is 0.691. The van der Waals surface area contributed by atoms with Crippen LogP contribution in [0.4, 0.5) is 0 Å². The number of thiophene rings is 1. The van der Waals surface area contributed by atoms with Crippen molar-refractivity contribution in [2.75, 3.05) is 0 Å². The molecule has 1 aromatic heterocycles. The lowest BCUT2D eigenvalue weighted by molar-refractivity contribution is 0.0940. The minimum atomic E-state index is -0.0217. The molecule has 0 saturated carbocycles. The molecule has 94 valence electrons. The lowest BCUT2D eigenvalue weighted by Crippen LogP contribution is -2.33. The summed E-state index contributed by atoms with van der Waals surface area (Å²) >= 11 is 5.07. The second-order valence-corrected chi connectivity index (χ2v) is 6.11. The van der Waals surface area contributed by atoms with Crippen LogP contribution >= 0.6 is 27.3 Å². The second kappa shape index (κ2) is 6.16. The third kappa shape index (κ3) is 3.68. The van der Waals surface area contributed by atoms with Crippen LogP contribution in [-0.4, -0.2) is 11.9 Å². The fourth-order valence-electron chi connectivity index (χ4n) is 1.69. The SMILES string of the molecule is CC(Cc1cccs1)NC(=O)c1ccc(Br)cc1. The van der Waals surface area contributed by atoms with E-state index in [1.165, 1.54) is 4.88 Å². The van der Waals surface area contributed by atoms with Crippen molar-refractivity contribution in [3.63, 3.8) is 0 Å². The van der Waals surface area contributed by atoms with Gasteiger partial charge in [-0.1, -0.05) is 22.0 Å². The molecule has 0 bridgehead atoms. The van der Waals surface area contributed by atoms with Gasteiger partial charge >= 0.3 is 0 Å². The zero-order chi connectivity index (χ0) is 13.0. The van der Waals surface area contributed by atoms with E-state index in [9.17, 15) is 4.79 Å². The molecule has 2 rings (SSSR count). The molecule has 0 spiro atoms. The van der Waals surface area contributed by atoms with Gasteiger partial charge in [-0.25, -0.2) is 0 Å². The average molecular weight is 324 g/mol. The Morgan fingerprint density at radius 1 is 1.33 bits per heavy atom. The maximum absolute atomic E-state index is 12.0. The molecule has 1 unspecified atom stereocenters. The number of amides is 1. The molecule has 2 nitrogen and oxygen atoms in total. The Labute approximate surface area is 119 Å². The molecule has 0 radical (unpaired) electrons. The van der Waals surface area contributed by atoms with Crippen LogP contribution in [0.15, 0.2) is 46.3 Å². The van der Waals surface area contributed by atoms with Crippen LogP contribution in [0.25, 0.3) is 0 Å². The molecule has 4 heteroatoms. The molecule has 0 saturated heterocycles. The Balaban J connectivity index is 1.92. The Morgan fingerprint density at radius 3 is 2.67 bits per heavy atom. The summed E-state index contributed by atoms with van der Waals surface area (Å²) in [5.74, 6) is -0.0217. The van der Waals surface area contributed by atoms with E-state index in [0.29, 0.717) is 5.56 Å². The smallest absolute Gasteiger partial charge is 0.251 e. The average Bonchev–Trinajstić information content (AvgIpc) is 2.82. The number of hydrogen-bond acceptors (Lipinski definition) is 2. The topological polar surface area (TPSA) is 29.1 Å². The number of halogens is 1. The van der Waals surface area contributed by atoms with Gasteiger partial charge in [-0.15, -0.1) is 11.3 Å². The van der Waals surface area contributed by atoms with E-state index in [-0.39, 0.29) is 11.9 Å². The minimum absolute atomic E-state index is 0.0217. The number of rotatable bonds is 4. The minimum Gasteiger partial charge on any atom is -0.349 e. The molecule has 0 fully saturated rings. The second-order valence-electron chi connectivity index (χ2n) is 4.16. The van der Waals surface area contributed by atoms with Crippen molar-refractivity contribution in [3.8, 4) is 0 Å². The molecule has 0 aliphatic rings. The van der Waals surface area contributed by atoms with Gasteiger partial charge in [0.15, 0.2) is 0 Å². The summed E-state index contributed by atoms with van der Waals surface area (Å²) in [6.07, 6.45) is 0.875. The molecule has 1 heterocycles. The molecule has 1 atom stereocenters. The number of nitrogens with one attached hydrogen (secondary N) is 1. The van der Waals surface area contributed by atoms with E-state index in [4.69, 9.17) is 0 Å². The van der Waals surface area contributed by atoms with E-state index in [0.717, 1.165) is 10.9 Å². The van der Waals surface area contributed by atoms with Crippen molar-refractivity contribution in [2.45, 2.75) is 19.4 Å². The normalized spacial score (nSPS) is 12.1. The first-order chi connectivity index (χ1) is 8.65. The highest BCUT2D eigenvalue weighted by atomic mass is 79.9. The van der Waals surface area contributed by atoms with Crippen LogP contribution in [0.5, 0.6) is 0 Å². The molecule has 0 aliphatic carbocycles. The van der Waals surface area contributed by atoms with E-state index in [2.05, 4.69) is 32.7 Å². The molecule has 0 aliphatic heterocycles. The zero-order valence-corrected chi connectivity index (χ0v) is 12.4. The molecule has 1 amide bonds. The Bertz CT molecular complexity index is 507. The monoisotopic (exact) mass is 323 g/mol. The van der Waals surface area contributed by atoms with E-state index in [1.54, 1.807) is 11.3 Å². The van der Waals surface area contributed by atoms with Crippen molar-refractivity contribution < 1.29 is 4.79 Å². The number of carbonyl (C=O) groups excluding carboxylic acids is 1. The Morgan fingerprint density at radius 2 is 2.06 bits per heavy atom. The van der Waals surface area contributed by atoms with E-state index >= 15 is 0 Å². The van der Waals surface area contributed by atoms with Crippen LogP contribution in [0, 0.1) is 0 Å². The fraction of sp³-hybridized carbons (Fsp3) is 0.214. The van der Waals surface area contributed by atoms with Crippen molar-refractivity contribution >= 4 is 33.2 Å². The van der Waals surface area contributed by atoms with Crippen LogP contribution in [0.2, 0.25) is 0 Å². The van der Waals surface area contributed by atoms with Gasteiger partial charge in [0, 0.05) is 27.4 Å². The summed E-state index contributed by atoms with van der Waals surface area (Å²) in [6, 6.07) is 11.6. The highest BCUT2D eigenvalue weighted by molar-refractivity contribution is 9.10. The van der Waals surface area contributed by atoms with Gasteiger partial charge in [0.2, 0.25) is 0 Å². The largest absolute Gasteiger partial charge is 0.349 e. The molecular weight excluding hydrogens is 310 g/mol. The van der Waals surface area contributed by atoms with Crippen molar-refractivity contribution in [3.05, 3.63) is 56.7 Å². The first-order valence-corrected chi connectivity index (χ1v) is 7.41. The zero-order valence-electron chi connectivity index (χ0n) is 10.0. The van der Waals surface area contributed by atoms with Gasteiger partial charge in [-0.05, 0) is 42.6 Å². The predicted molar refractivity (Wildman–Crippen MR) is 79.1 cm³/mol. The van der Waals surface area contributed by atoms with Crippen molar-refractivity contribution in [1.29, 1.82) is 0 Å². The summed E-state index contributed by atoms with van der Waals surface area (Å²) in [5, 5.41) is 5.06. The fourth-order valence-corrected chi connectivity index (χ4v) is 2.79. The Kier molecular flexibility index (Phi) is 4.55. The van der Waals surface area contributed by atoms with Gasteiger partial charge < -0.3 is 5.32 Å². The van der Waals surface area contributed by atoms with Gasteiger partial charge in [0.1, 0.15) is 0 Å². The highest BCUT2D eigenvalue weighted by Crippen LogP contribution is 2.13. The third-order valence-corrected chi connectivity index (χ3v) is 4.00. The van der Waals surface area contributed by atoms with Crippen LogP contribution in [0.3, 0.4) is 0 Å². The van der Waals surface area contributed by atoms with Crippen LogP contribution in [0.1, 0.15) is 22.2 Å². The third-order valence-electron chi connectivity index (χ3n) is 2.57. The maximum atomic E-state index is 12.0. The summed E-state index contributed by atoms with van der Waals surface area (Å²) in [4.78, 5) is 13.3. The van der Waals surface area contributed by atoms with Crippen molar-refractivity contribution in [2.24, 2.45) is 0 Å². The van der Waals surface area contributed by atoms with Crippen molar-refractivity contribution in [1.82, 2.24) is 5.32 Å². The summed E-state index contributed by atoms with van der Waals surface area (Å²) < 4.78 is 0.977. The van der Waals surface area contributed by atoms with E-state index < -0.39 is 0 Å². The summed E-state index contributed by atoms with van der Waals surface area (Å²) in [7, 11) is 0. The van der Waals surface area contributed by atoms with Gasteiger partial charge in [-0.3, -0.25) is 4.79 Å². The molecule has 1 aromatic carbocycles. The van der Waals surface area contributed by atoms with Gasteiger partial charge in [0.25, 0.3) is 5.91 Å². The first-order valence-electron chi connectivity index (χ1n) is 5.74. The standard InChI is InChI=1S/C14H14BrNOS/c1-10(9-13-3-2-8-18-13)16-14(17)11-4-6-12(15)7-5-11/h2-8,10H,9H2,1H3,(H,16,17). The van der Waals surface area contributed by atoms with E-state index in [1.807, 2.05) is 37.3 Å². The first kappa shape index (κ1) is 13.3. The Hall–Kier alpha value is -1.13. The molecule has 1 N–H and O–H groups in total. The molecular formula is C14H14BrNOS. The quantitative estimate of drug-likeness (QED) is 0.909. The lowest BCUT2D eigenvalue weighted by Gasteiger charge is -2.13. The molecule has 18 heavy (non-hydrogen) atoms. The predicted octanol–water partition coefficient (Wildman–Crippen LogP) is 3.87. The summed E-state index contributed by atoms with van der Waals surface area (Å²) in [6.45, 7) is 2.02. The lowest BCUT2D eigenvalue weighted by atomic mass is 10.1. The molecule has 2 aromatic rings.